The van der Waals surface area contributed by atoms with Gasteiger partial charge in [0.15, 0.2) is 9.84 Å². The van der Waals surface area contributed by atoms with Crippen molar-refractivity contribution >= 4 is 9.84 Å². The van der Waals surface area contributed by atoms with Gasteiger partial charge in [-0.2, -0.15) is 0 Å². The third kappa shape index (κ3) is 3.10. The summed E-state index contributed by atoms with van der Waals surface area (Å²) in [5.41, 5.74) is -0.352. The smallest absolute Gasteiger partial charge is 0.415 e. The highest BCUT2D eigenvalue weighted by Gasteiger charge is 2.22. The van der Waals surface area contributed by atoms with Crippen molar-refractivity contribution in [3.05, 3.63) is 70.7 Å². The number of oxazole rings is 1. The quantitative estimate of drug-likeness (QED) is 0.712. The number of halogens is 3. The van der Waals surface area contributed by atoms with Crippen molar-refractivity contribution in [3.63, 3.8) is 0 Å². The highest BCUT2D eigenvalue weighted by atomic mass is 32.2. The van der Waals surface area contributed by atoms with Crippen LogP contribution in [0.2, 0.25) is 0 Å². The zero-order chi connectivity index (χ0) is 18.4. The monoisotopic (exact) mass is 369 g/mol. The summed E-state index contributed by atoms with van der Waals surface area (Å²) in [6.07, 6.45) is 1.65. The molecule has 0 radical (unpaired) electrons. The summed E-state index contributed by atoms with van der Waals surface area (Å²) in [7, 11) is -3.97. The van der Waals surface area contributed by atoms with Crippen LogP contribution >= 0.6 is 0 Å². The van der Waals surface area contributed by atoms with Gasteiger partial charge in [0.05, 0.1) is 11.4 Å². The number of hydrogen-bond donors (Lipinski definition) is 0. The molecule has 0 aliphatic heterocycles. The van der Waals surface area contributed by atoms with Crippen LogP contribution in [0.25, 0.3) is 16.9 Å². The van der Waals surface area contributed by atoms with E-state index in [0.717, 1.165) is 29.2 Å². The largest absolute Gasteiger partial charge is 0.424 e. The number of rotatable bonds is 3. The van der Waals surface area contributed by atoms with Crippen molar-refractivity contribution in [2.45, 2.75) is 4.90 Å². The minimum absolute atomic E-state index is 0.145. The van der Waals surface area contributed by atoms with Gasteiger partial charge in [0.1, 0.15) is 28.6 Å². The minimum atomic E-state index is -3.97. The van der Waals surface area contributed by atoms with Gasteiger partial charge in [-0.15, -0.1) is 0 Å². The number of nitrogens with zero attached hydrogens (tertiary/aromatic N) is 1. The Balaban J connectivity index is 2.24. The maximum atomic E-state index is 14.4. The second kappa shape index (κ2) is 5.92. The Kier molecular flexibility index (Phi) is 4.03. The van der Waals surface area contributed by atoms with Crippen LogP contribution in [0.1, 0.15) is 0 Å². The first-order chi connectivity index (χ1) is 11.7. The van der Waals surface area contributed by atoms with Crippen LogP contribution in [0.4, 0.5) is 13.2 Å². The van der Waals surface area contributed by atoms with E-state index in [1.165, 1.54) is 12.1 Å². The van der Waals surface area contributed by atoms with Crippen LogP contribution in [0.15, 0.2) is 56.8 Å². The van der Waals surface area contributed by atoms with Gasteiger partial charge in [-0.25, -0.2) is 31.0 Å². The lowest BCUT2D eigenvalue weighted by molar-refractivity contribution is 0.504. The summed E-state index contributed by atoms with van der Waals surface area (Å²) >= 11 is 0. The van der Waals surface area contributed by atoms with Crippen LogP contribution in [-0.2, 0) is 9.84 Å². The van der Waals surface area contributed by atoms with Crippen molar-refractivity contribution in [1.29, 1.82) is 0 Å². The van der Waals surface area contributed by atoms with Gasteiger partial charge >= 0.3 is 5.76 Å². The standard InChI is InChI=1S/C16H10F3NO4S/c1-25(22,23)15-7-12(18)11(6-13(15)19)14-8-24-16(21)20(14)10-4-2-9(17)3-5-10/h2-8H,1H3. The SMILES string of the molecule is CS(=O)(=O)c1cc(F)c(-c2coc(=O)n2-c2ccc(F)cc2)cc1F. The van der Waals surface area contributed by atoms with Gasteiger partial charge in [0.2, 0.25) is 0 Å². The first kappa shape index (κ1) is 17.0. The molecule has 0 spiro atoms. The molecule has 1 aromatic heterocycles. The van der Waals surface area contributed by atoms with Crippen LogP contribution in [0.5, 0.6) is 0 Å². The molecule has 0 aliphatic rings. The van der Waals surface area contributed by atoms with E-state index in [9.17, 15) is 26.4 Å². The van der Waals surface area contributed by atoms with E-state index in [4.69, 9.17) is 4.42 Å². The summed E-state index contributed by atoms with van der Waals surface area (Å²) in [5.74, 6) is -3.66. The Bertz CT molecular complexity index is 1120. The van der Waals surface area contributed by atoms with E-state index >= 15 is 0 Å². The summed E-state index contributed by atoms with van der Waals surface area (Å²) in [6.45, 7) is 0. The van der Waals surface area contributed by atoms with Gasteiger partial charge in [0, 0.05) is 11.8 Å². The normalized spacial score (nSPS) is 11.7. The average molecular weight is 369 g/mol. The molecule has 0 atom stereocenters. The van der Waals surface area contributed by atoms with Gasteiger partial charge in [0.25, 0.3) is 0 Å². The van der Waals surface area contributed by atoms with Crippen molar-refractivity contribution in [2.75, 3.05) is 6.26 Å². The second-order valence-corrected chi connectivity index (χ2v) is 7.22. The average Bonchev–Trinajstić information content (AvgIpc) is 2.90. The predicted molar refractivity (Wildman–Crippen MR) is 82.7 cm³/mol. The van der Waals surface area contributed by atoms with Gasteiger partial charge in [-0.1, -0.05) is 0 Å². The number of sulfone groups is 1. The molecule has 0 saturated carbocycles. The third-order valence-corrected chi connectivity index (χ3v) is 4.59. The second-order valence-electron chi connectivity index (χ2n) is 5.23. The zero-order valence-electron chi connectivity index (χ0n) is 12.7. The van der Waals surface area contributed by atoms with Crippen molar-refractivity contribution < 1.29 is 26.0 Å². The molecule has 5 nitrogen and oxygen atoms in total. The Morgan fingerprint density at radius 1 is 1.00 bits per heavy atom. The Morgan fingerprint density at radius 2 is 1.64 bits per heavy atom. The lowest BCUT2D eigenvalue weighted by Gasteiger charge is -2.09. The van der Waals surface area contributed by atoms with Crippen molar-refractivity contribution in [1.82, 2.24) is 4.57 Å². The van der Waals surface area contributed by atoms with E-state index < -0.39 is 37.9 Å². The maximum Gasteiger partial charge on any atom is 0.424 e. The molecule has 2 aromatic carbocycles. The third-order valence-electron chi connectivity index (χ3n) is 3.48. The fourth-order valence-electron chi connectivity index (χ4n) is 2.34. The van der Waals surface area contributed by atoms with Crippen LogP contribution in [-0.4, -0.2) is 19.2 Å². The molecule has 3 rings (SSSR count). The van der Waals surface area contributed by atoms with E-state index in [0.29, 0.717) is 12.1 Å². The molecule has 130 valence electrons. The maximum absolute atomic E-state index is 14.4. The molecule has 1 heterocycles. The highest BCUT2D eigenvalue weighted by Crippen LogP contribution is 2.28. The molecule has 25 heavy (non-hydrogen) atoms. The molecule has 0 unspecified atom stereocenters. The van der Waals surface area contributed by atoms with E-state index in [1.54, 1.807) is 0 Å². The zero-order valence-corrected chi connectivity index (χ0v) is 13.5. The van der Waals surface area contributed by atoms with E-state index in [1.807, 2.05) is 0 Å². The summed E-state index contributed by atoms with van der Waals surface area (Å²) in [5, 5.41) is 0. The minimum Gasteiger partial charge on any atom is -0.415 e. The van der Waals surface area contributed by atoms with Crippen molar-refractivity contribution in [3.8, 4) is 16.9 Å². The Hall–Kier alpha value is -2.81. The number of hydrogen-bond acceptors (Lipinski definition) is 4. The molecule has 9 heteroatoms. The summed E-state index contributed by atoms with van der Waals surface area (Å²) in [6, 6.07) is 5.89. The molecule has 0 N–H and O–H groups in total. The highest BCUT2D eigenvalue weighted by molar-refractivity contribution is 7.90. The van der Waals surface area contributed by atoms with E-state index in [2.05, 4.69) is 0 Å². The lowest BCUT2D eigenvalue weighted by Crippen LogP contribution is -2.14. The molecular formula is C16H10F3NO4S. The van der Waals surface area contributed by atoms with Crippen LogP contribution in [0.3, 0.4) is 0 Å². The molecule has 0 amide bonds. The topological polar surface area (TPSA) is 69.3 Å². The molecule has 3 aromatic rings. The van der Waals surface area contributed by atoms with Crippen LogP contribution in [0, 0.1) is 17.5 Å². The van der Waals surface area contributed by atoms with E-state index in [-0.39, 0.29) is 16.9 Å². The first-order valence-corrected chi connectivity index (χ1v) is 8.73. The Morgan fingerprint density at radius 3 is 2.24 bits per heavy atom. The van der Waals surface area contributed by atoms with Gasteiger partial charge in [-0.3, -0.25) is 0 Å². The fraction of sp³-hybridized carbons (Fsp3) is 0.0625. The van der Waals surface area contributed by atoms with Gasteiger partial charge < -0.3 is 4.42 Å². The first-order valence-electron chi connectivity index (χ1n) is 6.84. The predicted octanol–water partition coefficient (Wildman–Crippen LogP) is 2.92. The molecule has 0 fully saturated rings. The number of benzene rings is 2. The Labute approximate surface area is 139 Å². The molecule has 0 saturated heterocycles. The summed E-state index contributed by atoms with van der Waals surface area (Å²) in [4.78, 5) is 11.1. The summed E-state index contributed by atoms with van der Waals surface area (Å²) < 4.78 is 70.1. The number of aromatic nitrogens is 1. The van der Waals surface area contributed by atoms with Crippen LogP contribution < -0.4 is 5.76 Å². The molecule has 0 bridgehead atoms. The fourth-order valence-corrected chi connectivity index (χ4v) is 3.07. The molecular weight excluding hydrogens is 359 g/mol. The van der Waals surface area contributed by atoms with Gasteiger partial charge in [-0.05, 0) is 36.4 Å². The molecule has 0 aliphatic carbocycles. The lowest BCUT2D eigenvalue weighted by atomic mass is 10.1. The van der Waals surface area contributed by atoms with Crippen molar-refractivity contribution in [2.24, 2.45) is 0 Å².